The quantitative estimate of drug-likeness (QED) is 0.526. The summed E-state index contributed by atoms with van der Waals surface area (Å²) in [7, 11) is 0. The van der Waals surface area contributed by atoms with Gasteiger partial charge in [-0.3, -0.25) is 14.2 Å². The van der Waals surface area contributed by atoms with E-state index in [1.165, 1.54) is 17.4 Å². The van der Waals surface area contributed by atoms with Crippen molar-refractivity contribution in [1.82, 2.24) is 19.6 Å². The Morgan fingerprint density at radius 1 is 1.24 bits per heavy atom. The Hall–Kier alpha value is -2.77. The molecular weight excluding hydrogens is 440 g/mol. The lowest BCUT2D eigenvalue weighted by molar-refractivity contribution is -0.122. The number of carbonyl (C=O) groups excluding carboxylic acids is 1. The average molecular weight is 471 g/mol. The first-order chi connectivity index (χ1) is 15.9. The molecule has 3 heterocycles. The summed E-state index contributed by atoms with van der Waals surface area (Å²) in [5.74, 6) is 1.11. The zero-order valence-electron chi connectivity index (χ0n) is 19.1. The molecule has 33 heavy (non-hydrogen) atoms. The van der Waals surface area contributed by atoms with Crippen molar-refractivity contribution >= 4 is 23.0 Å². The van der Waals surface area contributed by atoms with Gasteiger partial charge in [-0.15, -0.1) is 0 Å². The summed E-state index contributed by atoms with van der Waals surface area (Å²) in [5.41, 5.74) is 1.60. The maximum Gasteiger partial charge on any atom is 0.275 e. The molecule has 7 nitrogen and oxygen atoms in total. The van der Waals surface area contributed by atoms with Gasteiger partial charge in [0.15, 0.2) is 0 Å². The first-order valence-corrected chi connectivity index (χ1v) is 11.9. The average Bonchev–Trinajstić information content (AvgIpc) is 3.19. The van der Waals surface area contributed by atoms with Gasteiger partial charge in [-0.2, -0.15) is 0 Å². The number of hydrogen-bond donors (Lipinski definition) is 2. The summed E-state index contributed by atoms with van der Waals surface area (Å²) in [6.07, 6.45) is 7.03. The number of ether oxygens (including phenoxy) is 1. The Morgan fingerprint density at radius 2 is 2.03 bits per heavy atom. The fraction of sp³-hybridized carbons (Fsp3) is 0.440. The summed E-state index contributed by atoms with van der Waals surface area (Å²) in [6.45, 7) is 6.46. The van der Waals surface area contributed by atoms with Crippen LogP contribution in [0, 0.1) is 5.92 Å². The van der Waals surface area contributed by atoms with E-state index in [-0.39, 0.29) is 24.1 Å². The second-order valence-electron chi connectivity index (χ2n) is 8.94. The van der Waals surface area contributed by atoms with E-state index in [2.05, 4.69) is 10.6 Å². The number of nitrogens with one attached hydrogen (secondary N) is 2. The maximum atomic E-state index is 13.4. The van der Waals surface area contributed by atoms with Crippen molar-refractivity contribution in [3.63, 3.8) is 0 Å². The lowest BCUT2D eigenvalue weighted by Gasteiger charge is -2.22. The number of halogens is 1. The minimum absolute atomic E-state index is 0.0141. The molecule has 1 fully saturated rings. The van der Waals surface area contributed by atoms with Gasteiger partial charge < -0.3 is 19.8 Å². The second kappa shape index (κ2) is 10.4. The van der Waals surface area contributed by atoms with E-state index in [0.29, 0.717) is 34.5 Å². The van der Waals surface area contributed by atoms with Crippen LogP contribution in [0.4, 0.5) is 0 Å². The lowest BCUT2D eigenvalue weighted by Crippen LogP contribution is -2.36. The van der Waals surface area contributed by atoms with E-state index in [4.69, 9.17) is 16.3 Å². The zero-order valence-corrected chi connectivity index (χ0v) is 19.9. The van der Waals surface area contributed by atoms with Gasteiger partial charge in [0.05, 0.1) is 18.5 Å². The second-order valence-corrected chi connectivity index (χ2v) is 9.37. The summed E-state index contributed by atoms with van der Waals surface area (Å²) in [6, 6.07) is 9.02. The molecule has 0 bridgehead atoms. The Morgan fingerprint density at radius 3 is 2.76 bits per heavy atom. The third kappa shape index (κ3) is 5.78. The van der Waals surface area contributed by atoms with Crippen molar-refractivity contribution in [3.8, 4) is 17.0 Å². The molecule has 176 valence electrons. The van der Waals surface area contributed by atoms with E-state index in [0.717, 1.165) is 25.1 Å². The van der Waals surface area contributed by atoms with Gasteiger partial charge in [0.2, 0.25) is 5.91 Å². The maximum absolute atomic E-state index is 13.4. The van der Waals surface area contributed by atoms with Gasteiger partial charge in [-0.05, 0) is 64.3 Å². The SMILES string of the molecule is CC(C)NC(=O)Cn1c(-c2cccc(Cl)c2)cn2cc(OCCC3CCNCC3)cc2c1=O. The number of amides is 1. The van der Waals surface area contributed by atoms with Crippen molar-refractivity contribution in [3.05, 3.63) is 58.1 Å². The summed E-state index contributed by atoms with van der Waals surface area (Å²) in [5, 5.41) is 6.80. The van der Waals surface area contributed by atoms with Gasteiger partial charge in [0, 0.05) is 28.9 Å². The molecule has 0 atom stereocenters. The molecule has 1 saturated heterocycles. The highest BCUT2D eigenvalue weighted by Crippen LogP contribution is 2.25. The molecule has 8 heteroatoms. The van der Waals surface area contributed by atoms with Gasteiger partial charge in [-0.25, -0.2) is 0 Å². The third-order valence-corrected chi connectivity index (χ3v) is 6.20. The summed E-state index contributed by atoms with van der Waals surface area (Å²) in [4.78, 5) is 26.0. The van der Waals surface area contributed by atoms with E-state index < -0.39 is 0 Å². The molecule has 4 rings (SSSR count). The summed E-state index contributed by atoms with van der Waals surface area (Å²) < 4.78 is 9.27. The van der Waals surface area contributed by atoms with Crippen LogP contribution in [0.5, 0.6) is 5.75 Å². The molecule has 1 aliphatic heterocycles. The van der Waals surface area contributed by atoms with Crippen LogP contribution in [0.2, 0.25) is 5.02 Å². The first kappa shape index (κ1) is 23.4. The fourth-order valence-electron chi connectivity index (χ4n) is 4.32. The molecule has 3 aromatic rings. The highest BCUT2D eigenvalue weighted by Gasteiger charge is 2.17. The Kier molecular flexibility index (Phi) is 7.40. The predicted molar refractivity (Wildman–Crippen MR) is 131 cm³/mol. The van der Waals surface area contributed by atoms with Crippen LogP contribution in [0.3, 0.4) is 0 Å². The van der Waals surface area contributed by atoms with E-state index >= 15 is 0 Å². The fourth-order valence-corrected chi connectivity index (χ4v) is 4.51. The van der Waals surface area contributed by atoms with Crippen molar-refractivity contribution in [2.75, 3.05) is 19.7 Å². The minimum Gasteiger partial charge on any atom is -0.492 e. The smallest absolute Gasteiger partial charge is 0.275 e. The van der Waals surface area contributed by atoms with E-state index in [9.17, 15) is 9.59 Å². The molecule has 0 saturated carbocycles. The van der Waals surface area contributed by atoms with Crippen LogP contribution in [0.15, 0.2) is 47.5 Å². The molecule has 2 N–H and O–H groups in total. The molecule has 2 aromatic heterocycles. The molecule has 0 radical (unpaired) electrons. The highest BCUT2D eigenvalue weighted by molar-refractivity contribution is 6.30. The van der Waals surface area contributed by atoms with Crippen LogP contribution in [-0.2, 0) is 11.3 Å². The third-order valence-electron chi connectivity index (χ3n) is 5.97. The van der Waals surface area contributed by atoms with Gasteiger partial charge in [-0.1, -0.05) is 23.7 Å². The highest BCUT2D eigenvalue weighted by atomic mass is 35.5. The van der Waals surface area contributed by atoms with Crippen LogP contribution < -0.4 is 20.9 Å². The van der Waals surface area contributed by atoms with Crippen molar-refractivity contribution in [2.24, 2.45) is 5.92 Å². The van der Waals surface area contributed by atoms with Crippen LogP contribution in [-0.4, -0.2) is 40.6 Å². The standard InChI is InChI=1S/C25H31ClN4O3/c1-17(2)28-24(31)16-30-23(19-4-3-5-20(26)12-19)15-29-14-21(13-22(29)25(30)32)33-11-8-18-6-9-27-10-7-18/h3-5,12-15,17-18,27H,6-11,16H2,1-2H3,(H,28,31). The van der Waals surface area contributed by atoms with Crippen LogP contribution in [0.25, 0.3) is 16.8 Å². The van der Waals surface area contributed by atoms with Gasteiger partial charge >= 0.3 is 0 Å². The van der Waals surface area contributed by atoms with E-state index in [1.807, 2.05) is 38.4 Å². The lowest BCUT2D eigenvalue weighted by atomic mass is 9.95. The first-order valence-electron chi connectivity index (χ1n) is 11.5. The Balaban J connectivity index is 1.64. The number of aromatic nitrogens is 2. The molecule has 0 aliphatic carbocycles. The molecule has 1 aliphatic rings. The molecule has 1 aromatic carbocycles. The molecule has 1 amide bonds. The van der Waals surface area contributed by atoms with Gasteiger partial charge in [0.25, 0.3) is 5.56 Å². The van der Waals surface area contributed by atoms with Crippen molar-refractivity contribution in [2.45, 2.75) is 45.7 Å². The van der Waals surface area contributed by atoms with E-state index in [1.54, 1.807) is 22.6 Å². The Bertz CT molecular complexity index is 1180. The number of nitrogens with zero attached hydrogens (tertiary/aromatic N) is 2. The number of hydrogen-bond acceptors (Lipinski definition) is 4. The monoisotopic (exact) mass is 470 g/mol. The number of rotatable bonds is 8. The summed E-state index contributed by atoms with van der Waals surface area (Å²) >= 11 is 6.21. The van der Waals surface area contributed by atoms with Crippen LogP contribution in [0.1, 0.15) is 33.1 Å². The number of piperidine rings is 1. The topological polar surface area (TPSA) is 76.8 Å². The van der Waals surface area contributed by atoms with Crippen molar-refractivity contribution < 1.29 is 9.53 Å². The molecule has 0 unspecified atom stereocenters. The van der Waals surface area contributed by atoms with Crippen LogP contribution >= 0.6 is 11.6 Å². The number of benzene rings is 1. The van der Waals surface area contributed by atoms with Gasteiger partial charge in [0.1, 0.15) is 17.8 Å². The molecular formula is C25H31ClN4O3. The number of fused-ring (bicyclic) bond motifs is 1. The predicted octanol–water partition coefficient (Wildman–Crippen LogP) is 3.71. The van der Waals surface area contributed by atoms with Crippen molar-refractivity contribution in [1.29, 1.82) is 0 Å². The molecule has 0 spiro atoms. The number of carbonyl (C=O) groups is 1. The normalized spacial score (nSPS) is 14.7. The largest absolute Gasteiger partial charge is 0.492 e. The minimum atomic E-state index is -0.250. The zero-order chi connectivity index (χ0) is 23.4. The Labute approximate surface area is 198 Å².